The van der Waals surface area contributed by atoms with Crippen molar-refractivity contribution >= 4 is 17.7 Å². The molecule has 0 aliphatic rings. The first-order valence-corrected chi connectivity index (χ1v) is 7.07. The van der Waals surface area contributed by atoms with Crippen LogP contribution in [0.2, 0.25) is 0 Å². The number of aliphatic hydroxyl groups is 1. The van der Waals surface area contributed by atoms with Crippen LogP contribution in [0.25, 0.3) is 0 Å². The van der Waals surface area contributed by atoms with Gasteiger partial charge in [-0.3, -0.25) is 4.79 Å². The summed E-state index contributed by atoms with van der Waals surface area (Å²) in [4.78, 5) is 11.2. The second-order valence-electron chi connectivity index (χ2n) is 3.58. The summed E-state index contributed by atoms with van der Waals surface area (Å²) < 4.78 is 0. The van der Waals surface area contributed by atoms with Crippen molar-refractivity contribution in [2.45, 2.75) is 38.5 Å². The van der Waals surface area contributed by atoms with Gasteiger partial charge in [-0.2, -0.15) is 11.8 Å². The van der Waals surface area contributed by atoms with E-state index in [4.69, 9.17) is 5.11 Å². The molecular formula is C11H23NO2S. The molecule has 1 amide bonds. The van der Waals surface area contributed by atoms with Crippen LogP contribution < -0.4 is 5.32 Å². The van der Waals surface area contributed by atoms with Crippen LogP contribution in [0.1, 0.15) is 38.5 Å². The highest BCUT2D eigenvalue weighted by Crippen LogP contribution is 2.01. The molecule has 0 saturated heterocycles. The van der Waals surface area contributed by atoms with Gasteiger partial charge in [0.1, 0.15) is 0 Å². The van der Waals surface area contributed by atoms with Gasteiger partial charge >= 0.3 is 0 Å². The second-order valence-corrected chi connectivity index (χ2v) is 4.57. The largest absolute Gasteiger partial charge is 0.396 e. The van der Waals surface area contributed by atoms with Gasteiger partial charge in [0.2, 0.25) is 5.91 Å². The zero-order valence-electron chi connectivity index (χ0n) is 9.63. The molecular weight excluding hydrogens is 210 g/mol. The Kier molecular flexibility index (Phi) is 11.7. The Morgan fingerprint density at radius 1 is 1.20 bits per heavy atom. The molecule has 0 saturated carbocycles. The molecule has 4 heteroatoms. The minimum Gasteiger partial charge on any atom is -0.396 e. The number of nitrogens with one attached hydrogen (secondary N) is 1. The van der Waals surface area contributed by atoms with E-state index in [2.05, 4.69) is 11.6 Å². The van der Waals surface area contributed by atoms with Gasteiger partial charge in [-0.1, -0.05) is 6.42 Å². The van der Waals surface area contributed by atoms with Crippen LogP contribution in [0.4, 0.5) is 0 Å². The molecule has 0 aromatic rings. The maximum atomic E-state index is 11.2. The SMILES string of the molecule is CSCCCCCNC(=O)CCCCO. The lowest BCUT2D eigenvalue weighted by molar-refractivity contribution is -0.121. The molecule has 0 atom stereocenters. The molecule has 0 spiro atoms. The van der Waals surface area contributed by atoms with E-state index >= 15 is 0 Å². The molecule has 15 heavy (non-hydrogen) atoms. The Morgan fingerprint density at radius 2 is 2.00 bits per heavy atom. The molecule has 0 aliphatic carbocycles. The van der Waals surface area contributed by atoms with Crippen LogP contribution in [0, 0.1) is 0 Å². The van der Waals surface area contributed by atoms with E-state index in [9.17, 15) is 4.79 Å². The number of carbonyl (C=O) groups is 1. The lowest BCUT2D eigenvalue weighted by atomic mass is 10.2. The van der Waals surface area contributed by atoms with E-state index in [0.29, 0.717) is 6.42 Å². The monoisotopic (exact) mass is 233 g/mol. The summed E-state index contributed by atoms with van der Waals surface area (Å²) >= 11 is 1.87. The van der Waals surface area contributed by atoms with Crippen molar-refractivity contribution in [1.29, 1.82) is 0 Å². The summed E-state index contributed by atoms with van der Waals surface area (Å²) in [5.41, 5.74) is 0. The molecule has 0 radical (unpaired) electrons. The molecule has 3 nitrogen and oxygen atoms in total. The lowest BCUT2D eigenvalue weighted by Gasteiger charge is -2.04. The number of amides is 1. The van der Waals surface area contributed by atoms with Crippen LogP contribution >= 0.6 is 11.8 Å². The van der Waals surface area contributed by atoms with Crippen molar-refractivity contribution in [2.24, 2.45) is 0 Å². The van der Waals surface area contributed by atoms with Gasteiger partial charge in [0, 0.05) is 19.6 Å². The van der Waals surface area contributed by atoms with Crippen LogP contribution in [0.15, 0.2) is 0 Å². The number of hydrogen-bond acceptors (Lipinski definition) is 3. The third-order valence-electron chi connectivity index (χ3n) is 2.16. The molecule has 90 valence electrons. The predicted molar refractivity (Wildman–Crippen MR) is 66.2 cm³/mol. The number of rotatable bonds is 10. The van der Waals surface area contributed by atoms with Gasteiger partial charge in [-0.15, -0.1) is 0 Å². The molecule has 0 bridgehead atoms. The molecule has 0 aromatic carbocycles. The first-order valence-electron chi connectivity index (χ1n) is 5.67. The fraction of sp³-hybridized carbons (Fsp3) is 0.909. The minimum atomic E-state index is 0.119. The second kappa shape index (κ2) is 11.9. The van der Waals surface area contributed by atoms with E-state index in [1.807, 2.05) is 11.8 Å². The molecule has 0 unspecified atom stereocenters. The first-order chi connectivity index (χ1) is 7.31. The number of aliphatic hydroxyl groups excluding tert-OH is 1. The maximum Gasteiger partial charge on any atom is 0.219 e. The highest BCUT2D eigenvalue weighted by atomic mass is 32.2. The lowest BCUT2D eigenvalue weighted by Crippen LogP contribution is -2.24. The molecule has 0 aromatic heterocycles. The number of hydrogen-bond donors (Lipinski definition) is 2. The topological polar surface area (TPSA) is 49.3 Å². The van der Waals surface area contributed by atoms with Gasteiger partial charge in [-0.25, -0.2) is 0 Å². The van der Waals surface area contributed by atoms with Crippen LogP contribution in [-0.2, 0) is 4.79 Å². The van der Waals surface area contributed by atoms with Crippen molar-refractivity contribution in [3.63, 3.8) is 0 Å². The number of thioether (sulfide) groups is 1. The molecule has 0 aliphatic heterocycles. The van der Waals surface area contributed by atoms with Crippen LogP contribution in [0.3, 0.4) is 0 Å². The third-order valence-corrected chi connectivity index (χ3v) is 2.86. The molecule has 0 fully saturated rings. The Bertz CT molecular complexity index is 154. The Hall–Kier alpha value is -0.220. The van der Waals surface area contributed by atoms with Gasteiger partial charge in [0.15, 0.2) is 0 Å². The number of unbranched alkanes of at least 4 members (excludes halogenated alkanes) is 3. The van der Waals surface area contributed by atoms with E-state index in [0.717, 1.165) is 25.8 Å². The zero-order valence-corrected chi connectivity index (χ0v) is 10.4. The average Bonchev–Trinajstić information content (AvgIpc) is 2.23. The van der Waals surface area contributed by atoms with Crippen LogP contribution in [-0.4, -0.2) is 36.2 Å². The first kappa shape index (κ1) is 14.8. The Morgan fingerprint density at radius 3 is 2.67 bits per heavy atom. The summed E-state index contributed by atoms with van der Waals surface area (Å²) in [6.45, 7) is 0.980. The third kappa shape index (κ3) is 11.7. The van der Waals surface area contributed by atoms with E-state index in [1.54, 1.807) is 0 Å². The quantitative estimate of drug-likeness (QED) is 0.566. The minimum absolute atomic E-state index is 0.119. The van der Waals surface area contributed by atoms with Crippen molar-refractivity contribution in [1.82, 2.24) is 5.32 Å². The summed E-state index contributed by atoms with van der Waals surface area (Å²) in [5, 5.41) is 11.4. The molecule has 2 N–H and O–H groups in total. The summed E-state index contributed by atoms with van der Waals surface area (Å²) in [7, 11) is 0. The highest BCUT2D eigenvalue weighted by Gasteiger charge is 1.99. The Labute approximate surface area is 97.0 Å². The molecule has 0 heterocycles. The van der Waals surface area contributed by atoms with Gasteiger partial charge in [0.25, 0.3) is 0 Å². The average molecular weight is 233 g/mol. The van der Waals surface area contributed by atoms with E-state index in [-0.39, 0.29) is 12.5 Å². The van der Waals surface area contributed by atoms with Crippen LogP contribution in [0.5, 0.6) is 0 Å². The van der Waals surface area contributed by atoms with Gasteiger partial charge in [-0.05, 0) is 37.7 Å². The standard InChI is InChI=1S/C11H23NO2S/c1-15-10-6-2-4-8-12-11(14)7-3-5-9-13/h13H,2-10H2,1H3,(H,12,14). The van der Waals surface area contributed by atoms with Gasteiger partial charge < -0.3 is 10.4 Å². The number of carbonyl (C=O) groups excluding carboxylic acids is 1. The summed E-state index contributed by atoms with van der Waals surface area (Å²) in [6, 6.07) is 0. The molecule has 0 rings (SSSR count). The van der Waals surface area contributed by atoms with Crippen molar-refractivity contribution in [3.05, 3.63) is 0 Å². The summed E-state index contributed by atoms with van der Waals surface area (Å²) in [6.07, 6.45) is 7.68. The van der Waals surface area contributed by atoms with Gasteiger partial charge in [0.05, 0.1) is 0 Å². The predicted octanol–water partition coefficient (Wildman–Crippen LogP) is 1.80. The fourth-order valence-electron chi connectivity index (χ4n) is 1.26. The normalized spacial score (nSPS) is 10.3. The maximum absolute atomic E-state index is 11.2. The fourth-order valence-corrected chi connectivity index (χ4v) is 1.75. The smallest absolute Gasteiger partial charge is 0.219 e. The van der Waals surface area contributed by atoms with E-state index in [1.165, 1.54) is 18.6 Å². The Balaban J connectivity index is 3.10. The summed E-state index contributed by atoms with van der Waals surface area (Å²) in [5.74, 6) is 1.33. The zero-order chi connectivity index (χ0) is 11.4. The van der Waals surface area contributed by atoms with E-state index < -0.39 is 0 Å². The van der Waals surface area contributed by atoms with Crippen molar-refractivity contribution in [2.75, 3.05) is 25.2 Å². The van der Waals surface area contributed by atoms with Crippen molar-refractivity contribution < 1.29 is 9.90 Å². The van der Waals surface area contributed by atoms with Crippen molar-refractivity contribution in [3.8, 4) is 0 Å². The highest BCUT2D eigenvalue weighted by molar-refractivity contribution is 7.98.